The zero-order chi connectivity index (χ0) is 32.0. The first-order valence-electron chi connectivity index (χ1n) is 14.8. The summed E-state index contributed by atoms with van der Waals surface area (Å²) >= 11 is 0. The van der Waals surface area contributed by atoms with Gasteiger partial charge in [0.25, 0.3) is 0 Å². The summed E-state index contributed by atoms with van der Waals surface area (Å²) in [6.45, 7) is 7.46. The SMILES string of the molecule is CCc1cccc(CC)c1N1C(=O)C2C(c3cccc(Oc4cccc(C(F)(F)F)c4)c3)NC(C(=O)O)(C(C)CC)C2C1=O. The number of benzene rings is 3. The highest BCUT2D eigenvalue weighted by Crippen LogP contribution is 2.53. The number of amides is 2. The molecule has 2 heterocycles. The van der Waals surface area contributed by atoms with Crippen molar-refractivity contribution in [2.45, 2.75) is 64.7 Å². The maximum Gasteiger partial charge on any atom is 0.416 e. The van der Waals surface area contributed by atoms with E-state index in [2.05, 4.69) is 5.32 Å². The molecule has 44 heavy (non-hydrogen) atoms. The van der Waals surface area contributed by atoms with Crippen LogP contribution in [0.1, 0.15) is 62.4 Å². The van der Waals surface area contributed by atoms with E-state index in [0.717, 1.165) is 23.3 Å². The lowest BCUT2D eigenvalue weighted by molar-refractivity contribution is -0.151. The lowest BCUT2D eigenvalue weighted by Crippen LogP contribution is -2.59. The molecule has 0 saturated carbocycles. The molecular formula is C34H35F3N2O5. The number of para-hydroxylation sites is 1. The molecule has 0 aromatic heterocycles. The van der Waals surface area contributed by atoms with E-state index in [1.165, 1.54) is 17.0 Å². The Morgan fingerprint density at radius 1 is 0.955 bits per heavy atom. The predicted octanol–water partition coefficient (Wildman–Crippen LogP) is 6.94. The normalized spacial score (nSPS) is 24.0. The zero-order valence-corrected chi connectivity index (χ0v) is 24.9. The molecule has 2 fully saturated rings. The number of fused-ring (bicyclic) bond motifs is 1. The van der Waals surface area contributed by atoms with Crippen molar-refractivity contribution in [1.82, 2.24) is 5.32 Å². The molecule has 0 radical (unpaired) electrons. The third-order valence-corrected chi connectivity index (χ3v) is 9.14. The molecule has 5 unspecified atom stereocenters. The number of carbonyl (C=O) groups excluding carboxylic acids is 2. The van der Waals surface area contributed by atoms with Gasteiger partial charge >= 0.3 is 12.1 Å². The van der Waals surface area contributed by atoms with Crippen LogP contribution < -0.4 is 15.0 Å². The fourth-order valence-corrected chi connectivity index (χ4v) is 6.78. The van der Waals surface area contributed by atoms with Crippen molar-refractivity contribution in [2.75, 3.05) is 4.90 Å². The van der Waals surface area contributed by atoms with Crippen LogP contribution in [0.15, 0.2) is 66.7 Å². The Labute approximate surface area is 254 Å². The van der Waals surface area contributed by atoms with Gasteiger partial charge in [-0.1, -0.05) is 70.5 Å². The number of halogens is 3. The third-order valence-electron chi connectivity index (χ3n) is 9.14. The minimum absolute atomic E-state index is 0.0321. The predicted molar refractivity (Wildman–Crippen MR) is 158 cm³/mol. The summed E-state index contributed by atoms with van der Waals surface area (Å²) in [7, 11) is 0. The van der Waals surface area contributed by atoms with Crippen molar-refractivity contribution in [3.8, 4) is 11.5 Å². The summed E-state index contributed by atoms with van der Waals surface area (Å²) in [5, 5.41) is 13.9. The van der Waals surface area contributed by atoms with Gasteiger partial charge in [0.15, 0.2) is 0 Å². The van der Waals surface area contributed by atoms with Crippen LogP contribution in [0.2, 0.25) is 0 Å². The van der Waals surface area contributed by atoms with Crippen LogP contribution in [0, 0.1) is 17.8 Å². The number of imide groups is 1. The van der Waals surface area contributed by atoms with Gasteiger partial charge in [-0.2, -0.15) is 13.2 Å². The summed E-state index contributed by atoms with van der Waals surface area (Å²) in [6.07, 6.45) is -2.97. The number of nitrogens with zero attached hydrogens (tertiary/aromatic N) is 1. The summed E-state index contributed by atoms with van der Waals surface area (Å²) in [5.74, 6) is -4.83. The number of hydrogen-bond acceptors (Lipinski definition) is 5. The number of anilines is 1. The van der Waals surface area contributed by atoms with Crippen LogP contribution in [-0.2, 0) is 33.4 Å². The first-order chi connectivity index (χ1) is 20.9. The van der Waals surface area contributed by atoms with E-state index in [1.54, 1.807) is 31.2 Å². The Bertz CT molecular complexity index is 1580. The molecule has 2 saturated heterocycles. The number of carboxylic acids is 1. The lowest BCUT2D eigenvalue weighted by Gasteiger charge is -2.36. The van der Waals surface area contributed by atoms with E-state index < -0.39 is 58.9 Å². The molecule has 3 aromatic carbocycles. The van der Waals surface area contributed by atoms with Gasteiger partial charge in [0.2, 0.25) is 11.8 Å². The molecule has 2 aliphatic rings. The Morgan fingerprint density at radius 3 is 2.11 bits per heavy atom. The van der Waals surface area contributed by atoms with Gasteiger partial charge in [-0.3, -0.25) is 19.7 Å². The molecule has 2 amide bonds. The Balaban J connectivity index is 1.61. The van der Waals surface area contributed by atoms with Crippen molar-refractivity contribution >= 4 is 23.5 Å². The largest absolute Gasteiger partial charge is 0.480 e. The first kappa shape index (κ1) is 31.3. The van der Waals surface area contributed by atoms with Crippen molar-refractivity contribution in [3.63, 3.8) is 0 Å². The van der Waals surface area contributed by atoms with E-state index in [9.17, 15) is 32.7 Å². The second-order valence-electron chi connectivity index (χ2n) is 11.5. The Kier molecular flexibility index (Phi) is 8.33. The third kappa shape index (κ3) is 5.04. The van der Waals surface area contributed by atoms with E-state index in [-0.39, 0.29) is 11.5 Å². The first-order valence-corrected chi connectivity index (χ1v) is 14.8. The summed E-state index contributed by atoms with van der Waals surface area (Å²) < 4.78 is 45.6. The topological polar surface area (TPSA) is 95.9 Å². The molecule has 232 valence electrons. The number of nitrogens with one attached hydrogen (secondary N) is 1. The van der Waals surface area contributed by atoms with Gasteiger partial charge in [0.1, 0.15) is 17.0 Å². The fourth-order valence-electron chi connectivity index (χ4n) is 6.78. The molecule has 7 nitrogen and oxygen atoms in total. The molecule has 0 aliphatic carbocycles. The zero-order valence-electron chi connectivity index (χ0n) is 24.9. The molecule has 2 aliphatic heterocycles. The molecule has 5 atom stereocenters. The average molecular weight is 609 g/mol. The number of aryl methyl sites for hydroxylation is 2. The fraction of sp³-hybridized carbons (Fsp3) is 0.382. The van der Waals surface area contributed by atoms with Gasteiger partial charge < -0.3 is 9.84 Å². The van der Waals surface area contributed by atoms with Gasteiger partial charge in [-0.25, -0.2) is 4.90 Å². The van der Waals surface area contributed by atoms with Crippen LogP contribution in [0.25, 0.3) is 0 Å². The van der Waals surface area contributed by atoms with Crippen LogP contribution in [-0.4, -0.2) is 28.4 Å². The van der Waals surface area contributed by atoms with Crippen LogP contribution in [0.5, 0.6) is 11.5 Å². The summed E-state index contributed by atoms with van der Waals surface area (Å²) in [5.41, 5.74) is 0.0362. The monoisotopic (exact) mass is 608 g/mol. The van der Waals surface area contributed by atoms with Crippen LogP contribution >= 0.6 is 0 Å². The van der Waals surface area contributed by atoms with E-state index in [4.69, 9.17) is 4.74 Å². The molecule has 2 N–H and O–H groups in total. The maximum atomic E-state index is 14.4. The smallest absolute Gasteiger partial charge is 0.416 e. The number of carboxylic acid groups (broad SMARTS) is 1. The number of hydrogen-bond donors (Lipinski definition) is 2. The number of carbonyl (C=O) groups is 3. The number of aliphatic carboxylic acids is 1. The van der Waals surface area contributed by atoms with Gasteiger partial charge in [0, 0.05) is 6.04 Å². The number of ether oxygens (including phenoxy) is 1. The highest BCUT2D eigenvalue weighted by atomic mass is 19.4. The van der Waals surface area contributed by atoms with Gasteiger partial charge in [-0.15, -0.1) is 0 Å². The van der Waals surface area contributed by atoms with Gasteiger partial charge in [-0.05, 0) is 65.8 Å². The van der Waals surface area contributed by atoms with E-state index in [0.29, 0.717) is 30.5 Å². The lowest BCUT2D eigenvalue weighted by atomic mass is 9.72. The minimum Gasteiger partial charge on any atom is -0.480 e. The van der Waals surface area contributed by atoms with Crippen molar-refractivity contribution < 1.29 is 37.4 Å². The van der Waals surface area contributed by atoms with E-state index >= 15 is 0 Å². The molecule has 0 spiro atoms. The quantitative estimate of drug-likeness (QED) is 0.256. The number of rotatable bonds is 9. The van der Waals surface area contributed by atoms with Crippen LogP contribution in [0.3, 0.4) is 0 Å². The Hall–Kier alpha value is -4.18. The highest BCUT2D eigenvalue weighted by molar-refractivity contribution is 6.25. The number of alkyl halides is 3. The minimum atomic E-state index is -4.55. The second kappa shape index (κ2) is 11.7. The second-order valence-corrected chi connectivity index (χ2v) is 11.5. The average Bonchev–Trinajstić information content (AvgIpc) is 3.50. The maximum absolute atomic E-state index is 14.4. The standard InChI is InChI=1S/C34H35F3N2O5/c1-5-19(4)33(32(42)43)27-26(30(40)39(31(27)41)29-20(6-2)11-8-12-21(29)7-3)28(38-33)22-13-9-15-24(17-22)44-25-16-10-14-23(18-25)34(35,36)37/h8-19,26-28,38H,5-7H2,1-4H3,(H,42,43). The molecular weight excluding hydrogens is 573 g/mol. The summed E-state index contributed by atoms with van der Waals surface area (Å²) in [6, 6.07) is 15.7. The highest BCUT2D eigenvalue weighted by Gasteiger charge is 2.70. The van der Waals surface area contributed by atoms with Gasteiger partial charge in [0.05, 0.1) is 23.1 Å². The molecule has 10 heteroatoms. The molecule has 0 bridgehead atoms. The van der Waals surface area contributed by atoms with E-state index in [1.807, 2.05) is 39.0 Å². The van der Waals surface area contributed by atoms with Crippen LogP contribution in [0.4, 0.5) is 18.9 Å². The van der Waals surface area contributed by atoms with Crippen molar-refractivity contribution in [2.24, 2.45) is 17.8 Å². The molecule has 5 rings (SSSR count). The summed E-state index contributed by atoms with van der Waals surface area (Å²) in [4.78, 5) is 43.1. The van der Waals surface area contributed by atoms with Crippen molar-refractivity contribution in [1.29, 1.82) is 0 Å². The van der Waals surface area contributed by atoms with Crippen molar-refractivity contribution in [3.05, 3.63) is 89.0 Å². The Morgan fingerprint density at radius 2 is 1.55 bits per heavy atom. The molecule has 3 aromatic rings.